The zero-order valence-electron chi connectivity index (χ0n) is 16.5. The highest BCUT2D eigenvalue weighted by Crippen LogP contribution is 2.35. The normalized spacial score (nSPS) is 24.4. The van der Waals surface area contributed by atoms with Crippen molar-refractivity contribution in [2.75, 3.05) is 18.6 Å². The van der Waals surface area contributed by atoms with Gasteiger partial charge in [0.05, 0.1) is 12.0 Å². The van der Waals surface area contributed by atoms with Gasteiger partial charge in [-0.05, 0) is 45.2 Å². The van der Waals surface area contributed by atoms with Gasteiger partial charge in [0.1, 0.15) is 12.4 Å². The van der Waals surface area contributed by atoms with Crippen molar-refractivity contribution in [1.29, 1.82) is 0 Å². The number of aromatic nitrogens is 3. The molecule has 1 aromatic heterocycles. The molecule has 1 aliphatic carbocycles. The lowest BCUT2D eigenvalue weighted by Gasteiger charge is -2.41. The van der Waals surface area contributed by atoms with Crippen molar-refractivity contribution in [3.05, 3.63) is 46.8 Å². The number of rotatable bonds is 4. The predicted octanol–water partition coefficient (Wildman–Crippen LogP) is 4.38. The number of benzene rings is 1. The average Bonchev–Trinajstić information content (AvgIpc) is 3.14. The minimum Gasteiger partial charge on any atom is -0.491 e. The summed E-state index contributed by atoms with van der Waals surface area (Å²) in [5, 5.41) is 5.21. The van der Waals surface area contributed by atoms with E-state index in [0.717, 1.165) is 36.4 Å². The number of ether oxygens (including phenoxy) is 1. The van der Waals surface area contributed by atoms with Crippen LogP contribution in [0.1, 0.15) is 54.7 Å². The number of nitrogens with zero attached hydrogens (tertiary/aromatic N) is 4. The molecule has 148 valence electrons. The summed E-state index contributed by atoms with van der Waals surface area (Å²) in [6, 6.07) is 5.60. The van der Waals surface area contributed by atoms with E-state index in [-0.39, 0.29) is 11.8 Å². The van der Waals surface area contributed by atoms with E-state index < -0.39 is 5.54 Å². The summed E-state index contributed by atoms with van der Waals surface area (Å²) in [7, 11) is 1.95. The number of allylic oxidation sites excluding steroid dienone is 2. The Bertz CT molecular complexity index is 938. The van der Waals surface area contributed by atoms with Gasteiger partial charge in [-0.25, -0.2) is 0 Å². The highest BCUT2D eigenvalue weighted by Gasteiger charge is 2.42. The average molecular weight is 401 g/mol. The first-order valence-electron chi connectivity index (χ1n) is 9.66. The van der Waals surface area contributed by atoms with E-state index in [1.165, 1.54) is 4.68 Å². The largest absolute Gasteiger partial charge is 0.491 e. The Morgan fingerprint density at radius 2 is 2.18 bits per heavy atom. The summed E-state index contributed by atoms with van der Waals surface area (Å²) in [5.41, 5.74) is 0.381. The molecule has 4 rings (SSSR count). The van der Waals surface area contributed by atoms with Crippen LogP contribution in [0.25, 0.3) is 0 Å². The molecule has 0 radical (unpaired) electrons. The van der Waals surface area contributed by atoms with Gasteiger partial charge >= 0.3 is 0 Å². The third-order valence-corrected chi connectivity index (χ3v) is 6.28. The molecule has 0 fully saturated rings. The van der Waals surface area contributed by atoms with Crippen molar-refractivity contribution in [2.45, 2.75) is 51.0 Å². The standard InChI is InChI=1S/C21H25ClN4O2/c1-14-16(22)10-7-11-17(14)28-13-21(2)12-18(27)26-20(25(21)3)23-19(24-26)15-8-5-4-6-9-15/h4-5,7,10-11,15H,6,8-9,12-13H2,1-3H3. The van der Waals surface area contributed by atoms with Gasteiger partial charge in [-0.2, -0.15) is 9.67 Å². The van der Waals surface area contributed by atoms with Crippen molar-refractivity contribution in [3.63, 3.8) is 0 Å². The van der Waals surface area contributed by atoms with Crippen LogP contribution in [-0.2, 0) is 0 Å². The molecule has 28 heavy (non-hydrogen) atoms. The quantitative estimate of drug-likeness (QED) is 0.712. The number of carbonyl (C=O) groups excluding carboxylic acids is 1. The summed E-state index contributed by atoms with van der Waals surface area (Å²) < 4.78 is 7.53. The topological polar surface area (TPSA) is 60.3 Å². The van der Waals surface area contributed by atoms with Gasteiger partial charge in [0.15, 0.2) is 5.82 Å². The lowest BCUT2D eigenvalue weighted by atomic mass is 9.94. The van der Waals surface area contributed by atoms with Gasteiger partial charge in [0.25, 0.3) is 5.91 Å². The molecule has 6 nitrogen and oxygen atoms in total. The van der Waals surface area contributed by atoms with Crippen LogP contribution in [0.3, 0.4) is 0 Å². The molecule has 1 aromatic carbocycles. The van der Waals surface area contributed by atoms with Crippen LogP contribution in [0.5, 0.6) is 5.75 Å². The van der Waals surface area contributed by atoms with Gasteiger partial charge in [-0.15, -0.1) is 5.10 Å². The molecule has 2 atom stereocenters. The van der Waals surface area contributed by atoms with Crippen LogP contribution in [0, 0.1) is 6.92 Å². The Balaban J connectivity index is 1.57. The molecule has 2 unspecified atom stereocenters. The summed E-state index contributed by atoms with van der Waals surface area (Å²) >= 11 is 6.19. The van der Waals surface area contributed by atoms with E-state index in [4.69, 9.17) is 21.3 Å². The molecule has 0 saturated heterocycles. The Hall–Kier alpha value is -2.34. The number of hydrogen-bond acceptors (Lipinski definition) is 5. The van der Waals surface area contributed by atoms with Crippen molar-refractivity contribution in [3.8, 4) is 5.75 Å². The predicted molar refractivity (Wildman–Crippen MR) is 109 cm³/mol. The molecule has 2 aromatic rings. The molecular weight excluding hydrogens is 376 g/mol. The molecule has 0 N–H and O–H groups in total. The summed E-state index contributed by atoms with van der Waals surface area (Å²) in [6.45, 7) is 4.30. The van der Waals surface area contributed by atoms with Crippen LogP contribution < -0.4 is 9.64 Å². The third kappa shape index (κ3) is 3.30. The first-order chi connectivity index (χ1) is 13.4. The third-order valence-electron chi connectivity index (χ3n) is 5.88. The van der Waals surface area contributed by atoms with Crippen molar-refractivity contribution in [2.24, 2.45) is 0 Å². The molecule has 2 aliphatic rings. The Morgan fingerprint density at radius 3 is 2.93 bits per heavy atom. The van der Waals surface area contributed by atoms with Gasteiger partial charge in [-0.3, -0.25) is 4.79 Å². The van der Waals surface area contributed by atoms with E-state index in [1.54, 1.807) is 0 Å². The number of likely N-dealkylation sites (N-methyl/N-ethyl adjacent to an activating group) is 1. The van der Waals surface area contributed by atoms with Crippen molar-refractivity contribution in [1.82, 2.24) is 14.8 Å². The minimum atomic E-state index is -0.515. The van der Waals surface area contributed by atoms with E-state index in [9.17, 15) is 4.79 Å². The molecule has 2 heterocycles. The lowest BCUT2D eigenvalue weighted by molar-refractivity contribution is 0.0801. The maximum atomic E-state index is 12.8. The Kier molecular flexibility index (Phi) is 4.91. The maximum Gasteiger partial charge on any atom is 0.252 e. The van der Waals surface area contributed by atoms with Crippen molar-refractivity contribution >= 4 is 23.5 Å². The SMILES string of the molecule is Cc1c(Cl)cccc1OCC1(C)CC(=O)n2nc(C3CC=CCC3)nc2N1C. The molecule has 0 bridgehead atoms. The number of hydrogen-bond donors (Lipinski definition) is 0. The first kappa shape index (κ1) is 19.0. The summed E-state index contributed by atoms with van der Waals surface area (Å²) in [6.07, 6.45) is 7.65. The fourth-order valence-electron chi connectivity index (χ4n) is 3.79. The highest BCUT2D eigenvalue weighted by molar-refractivity contribution is 6.31. The van der Waals surface area contributed by atoms with Gasteiger partial charge in [0.2, 0.25) is 5.95 Å². The lowest BCUT2D eigenvalue weighted by Crippen LogP contribution is -2.55. The van der Waals surface area contributed by atoms with Gasteiger partial charge in [0, 0.05) is 23.6 Å². The van der Waals surface area contributed by atoms with Crippen LogP contribution in [0.2, 0.25) is 5.02 Å². The molecule has 0 saturated carbocycles. The summed E-state index contributed by atoms with van der Waals surface area (Å²) in [5.74, 6) is 2.31. The number of carbonyl (C=O) groups is 1. The van der Waals surface area contributed by atoms with E-state index in [1.807, 2.05) is 44.0 Å². The second kappa shape index (κ2) is 7.24. The first-order valence-corrected chi connectivity index (χ1v) is 10.0. The summed E-state index contributed by atoms with van der Waals surface area (Å²) in [4.78, 5) is 19.6. The zero-order chi connectivity index (χ0) is 19.9. The van der Waals surface area contributed by atoms with Gasteiger partial charge < -0.3 is 9.64 Å². The van der Waals surface area contributed by atoms with Crippen LogP contribution in [0.4, 0.5) is 5.95 Å². The van der Waals surface area contributed by atoms with E-state index in [0.29, 0.717) is 24.0 Å². The van der Waals surface area contributed by atoms with Gasteiger partial charge in [-0.1, -0.05) is 29.8 Å². The Labute approximate surface area is 170 Å². The van der Waals surface area contributed by atoms with Crippen LogP contribution in [0.15, 0.2) is 30.4 Å². The Morgan fingerprint density at radius 1 is 1.36 bits per heavy atom. The van der Waals surface area contributed by atoms with E-state index >= 15 is 0 Å². The van der Waals surface area contributed by atoms with Crippen LogP contribution >= 0.6 is 11.6 Å². The molecule has 0 spiro atoms. The number of halogens is 1. The fraction of sp³-hybridized carbons (Fsp3) is 0.476. The molecule has 0 amide bonds. The van der Waals surface area contributed by atoms with Crippen LogP contribution in [-0.4, -0.2) is 39.9 Å². The second-order valence-electron chi connectivity index (χ2n) is 7.94. The smallest absolute Gasteiger partial charge is 0.252 e. The highest BCUT2D eigenvalue weighted by atomic mass is 35.5. The van der Waals surface area contributed by atoms with E-state index in [2.05, 4.69) is 17.3 Å². The molecule has 1 aliphatic heterocycles. The number of fused-ring (bicyclic) bond motifs is 1. The molecule has 7 heteroatoms. The maximum absolute atomic E-state index is 12.8. The second-order valence-corrected chi connectivity index (χ2v) is 8.35. The molecular formula is C21H25ClN4O2. The zero-order valence-corrected chi connectivity index (χ0v) is 17.2. The fourth-order valence-corrected chi connectivity index (χ4v) is 3.96. The van der Waals surface area contributed by atoms with Crippen molar-refractivity contribution < 1.29 is 9.53 Å². The monoisotopic (exact) mass is 400 g/mol. The minimum absolute atomic E-state index is 0.0490. The number of anilines is 1.